The monoisotopic (exact) mass is 300 g/mol. The summed E-state index contributed by atoms with van der Waals surface area (Å²) in [5.74, 6) is -0.0150. The number of rotatable bonds is 6. The molecule has 0 fully saturated rings. The average Bonchev–Trinajstić information content (AvgIpc) is 2.47. The number of aryl methyl sites for hydroxylation is 1. The van der Waals surface area contributed by atoms with Crippen molar-refractivity contribution in [3.8, 4) is 0 Å². The van der Waals surface area contributed by atoms with Crippen molar-refractivity contribution in [2.24, 2.45) is 5.73 Å². The SMILES string of the molecule is Cc1ccc(C(C)Nc2ccccc2SCC(N)=O)cc1. The Balaban J connectivity index is 2.11. The lowest BCUT2D eigenvalue weighted by Gasteiger charge is -2.18. The van der Waals surface area contributed by atoms with Crippen molar-refractivity contribution in [3.05, 3.63) is 59.7 Å². The Labute approximate surface area is 129 Å². The van der Waals surface area contributed by atoms with Crippen LogP contribution in [0.4, 0.5) is 5.69 Å². The zero-order chi connectivity index (χ0) is 15.2. The molecule has 0 aliphatic heterocycles. The van der Waals surface area contributed by atoms with Gasteiger partial charge >= 0.3 is 0 Å². The molecule has 0 aliphatic carbocycles. The number of benzene rings is 2. The molecule has 0 saturated carbocycles. The van der Waals surface area contributed by atoms with Gasteiger partial charge in [0.2, 0.25) is 5.91 Å². The lowest BCUT2D eigenvalue weighted by Crippen LogP contribution is -2.13. The first kappa shape index (κ1) is 15.4. The fourth-order valence-electron chi connectivity index (χ4n) is 2.03. The van der Waals surface area contributed by atoms with Gasteiger partial charge in [0.1, 0.15) is 0 Å². The smallest absolute Gasteiger partial charge is 0.227 e. The fourth-order valence-corrected chi connectivity index (χ4v) is 2.79. The van der Waals surface area contributed by atoms with Gasteiger partial charge in [-0.1, -0.05) is 42.0 Å². The highest BCUT2D eigenvalue weighted by molar-refractivity contribution is 8.00. The van der Waals surface area contributed by atoms with E-state index in [0.29, 0.717) is 0 Å². The molecule has 1 amide bonds. The summed E-state index contributed by atoms with van der Waals surface area (Å²) < 4.78 is 0. The van der Waals surface area contributed by atoms with E-state index in [-0.39, 0.29) is 17.7 Å². The first-order valence-electron chi connectivity index (χ1n) is 6.89. The summed E-state index contributed by atoms with van der Waals surface area (Å²) in [7, 11) is 0. The van der Waals surface area contributed by atoms with Crippen LogP contribution in [-0.4, -0.2) is 11.7 Å². The van der Waals surface area contributed by atoms with Gasteiger partial charge in [0.25, 0.3) is 0 Å². The predicted molar refractivity (Wildman–Crippen MR) is 89.6 cm³/mol. The molecule has 0 aliphatic rings. The highest BCUT2D eigenvalue weighted by Crippen LogP contribution is 2.29. The lowest BCUT2D eigenvalue weighted by molar-refractivity contribution is -0.115. The molecule has 0 radical (unpaired) electrons. The fraction of sp³-hybridized carbons (Fsp3) is 0.235. The molecule has 3 nitrogen and oxygen atoms in total. The Morgan fingerprint density at radius 2 is 1.86 bits per heavy atom. The van der Waals surface area contributed by atoms with Crippen molar-refractivity contribution in [1.29, 1.82) is 0 Å². The summed E-state index contributed by atoms with van der Waals surface area (Å²) in [5.41, 5.74) is 8.73. The largest absolute Gasteiger partial charge is 0.378 e. The number of nitrogens with two attached hydrogens (primary N) is 1. The third-order valence-corrected chi connectivity index (χ3v) is 4.30. The number of para-hydroxylation sites is 1. The van der Waals surface area contributed by atoms with E-state index in [1.807, 2.05) is 24.3 Å². The molecule has 2 aromatic rings. The van der Waals surface area contributed by atoms with Crippen LogP contribution in [0.15, 0.2) is 53.4 Å². The van der Waals surface area contributed by atoms with Gasteiger partial charge in [-0.15, -0.1) is 11.8 Å². The van der Waals surface area contributed by atoms with Crippen LogP contribution in [0, 0.1) is 6.92 Å². The van der Waals surface area contributed by atoms with Gasteiger partial charge in [0.05, 0.1) is 5.75 Å². The number of amides is 1. The molecule has 0 heterocycles. The van der Waals surface area contributed by atoms with Crippen LogP contribution >= 0.6 is 11.8 Å². The van der Waals surface area contributed by atoms with Crippen molar-refractivity contribution >= 4 is 23.4 Å². The van der Waals surface area contributed by atoms with E-state index in [0.717, 1.165) is 10.6 Å². The van der Waals surface area contributed by atoms with E-state index in [1.165, 1.54) is 22.9 Å². The van der Waals surface area contributed by atoms with E-state index < -0.39 is 0 Å². The van der Waals surface area contributed by atoms with Gasteiger partial charge < -0.3 is 11.1 Å². The van der Waals surface area contributed by atoms with Crippen LogP contribution in [0.2, 0.25) is 0 Å². The van der Waals surface area contributed by atoms with Crippen LogP contribution in [0.5, 0.6) is 0 Å². The van der Waals surface area contributed by atoms with Crippen molar-refractivity contribution < 1.29 is 4.79 Å². The van der Waals surface area contributed by atoms with E-state index in [4.69, 9.17) is 5.73 Å². The summed E-state index contributed by atoms with van der Waals surface area (Å²) in [4.78, 5) is 12.0. The normalized spacial score (nSPS) is 11.9. The van der Waals surface area contributed by atoms with E-state index >= 15 is 0 Å². The number of primary amides is 1. The molecular formula is C17H20N2OS. The quantitative estimate of drug-likeness (QED) is 0.799. The highest BCUT2D eigenvalue weighted by atomic mass is 32.2. The second kappa shape index (κ2) is 7.18. The van der Waals surface area contributed by atoms with Gasteiger partial charge in [-0.2, -0.15) is 0 Å². The maximum atomic E-state index is 10.9. The summed E-state index contributed by atoms with van der Waals surface area (Å²) >= 11 is 1.46. The number of carbonyl (C=O) groups is 1. The number of anilines is 1. The number of carbonyl (C=O) groups excluding carboxylic acids is 1. The number of nitrogens with one attached hydrogen (secondary N) is 1. The minimum atomic E-state index is -0.304. The lowest BCUT2D eigenvalue weighted by atomic mass is 10.1. The zero-order valence-corrected chi connectivity index (χ0v) is 13.1. The summed E-state index contributed by atoms with van der Waals surface area (Å²) in [6.07, 6.45) is 0. The van der Waals surface area contributed by atoms with Crippen LogP contribution in [0.25, 0.3) is 0 Å². The summed E-state index contributed by atoms with van der Waals surface area (Å²) in [6.45, 7) is 4.21. The zero-order valence-electron chi connectivity index (χ0n) is 12.3. The Morgan fingerprint density at radius 3 is 2.52 bits per heavy atom. The van der Waals surface area contributed by atoms with Crippen LogP contribution < -0.4 is 11.1 Å². The molecule has 2 aromatic carbocycles. The Morgan fingerprint density at radius 1 is 1.19 bits per heavy atom. The van der Waals surface area contributed by atoms with Crippen LogP contribution in [0.1, 0.15) is 24.1 Å². The van der Waals surface area contributed by atoms with Gasteiger partial charge in [0.15, 0.2) is 0 Å². The Bertz CT molecular complexity index is 610. The Hall–Kier alpha value is -1.94. The molecule has 0 saturated heterocycles. The maximum Gasteiger partial charge on any atom is 0.227 e. The van der Waals surface area contributed by atoms with Crippen molar-refractivity contribution in [2.75, 3.05) is 11.1 Å². The predicted octanol–water partition coefficient (Wildman–Crippen LogP) is 3.75. The second-order valence-electron chi connectivity index (χ2n) is 5.03. The molecule has 4 heteroatoms. The Kier molecular flexibility index (Phi) is 5.28. The highest BCUT2D eigenvalue weighted by Gasteiger charge is 2.09. The topological polar surface area (TPSA) is 55.1 Å². The minimum Gasteiger partial charge on any atom is -0.378 e. The number of thioether (sulfide) groups is 1. The van der Waals surface area contributed by atoms with E-state index in [1.54, 1.807) is 0 Å². The molecule has 1 unspecified atom stereocenters. The van der Waals surface area contributed by atoms with Crippen molar-refractivity contribution in [2.45, 2.75) is 24.8 Å². The standard InChI is InChI=1S/C17H20N2OS/c1-12-7-9-14(10-8-12)13(2)19-15-5-3-4-6-16(15)21-11-17(18)20/h3-10,13,19H,11H2,1-2H3,(H2,18,20). The molecule has 3 N–H and O–H groups in total. The molecule has 0 bridgehead atoms. The molecule has 1 atom stereocenters. The van der Waals surface area contributed by atoms with Gasteiger partial charge in [0, 0.05) is 16.6 Å². The second-order valence-corrected chi connectivity index (χ2v) is 6.05. The van der Waals surface area contributed by atoms with Gasteiger partial charge in [-0.25, -0.2) is 0 Å². The van der Waals surface area contributed by atoms with E-state index in [9.17, 15) is 4.79 Å². The molecular weight excluding hydrogens is 280 g/mol. The number of hydrogen-bond acceptors (Lipinski definition) is 3. The van der Waals surface area contributed by atoms with Gasteiger partial charge in [-0.05, 0) is 31.5 Å². The van der Waals surface area contributed by atoms with Crippen molar-refractivity contribution in [3.63, 3.8) is 0 Å². The molecule has 21 heavy (non-hydrogen) atoms. The van der Waals surface area contributed by atoms with Gasteiger partial charge in [-0.3, -0.25) is 4.79 Å². The third kappa shape index (κ3) is 4.53. The molecule has 0 spiro atoms. The third-order valence-electron chi connectivity index (χ3n) is 3.21. The first-order valence-corrected chi connectivity index (χ1v) is 7.88. The summed E-state index contributed by atoms with van der Waals surface area (Å²) in [6, 6.07) is 16.6. The van der Waals surface area contributed by atoms with Crippen molar-refractivity contribution in [1.82, 2.24) is 0 Å². The molecule has 110 valence electrons. The van der Waals surface area contributed by atoms with Crippen LogP contribution in [0.3, 0.4) is 0 Å². The van der Waals surface area contributed by atoms with E-state index in [2.05, 4.69) is 43.4 Å². The minimum absolute atomic E-state index is 0.195. The van der Waals surface area contributed by atoms with Crippen LogP contribution in [-0.2, 0) is 4.79 Å². The maximum absolute atomic E-state index is 10.9. The molecule has 0 aromatic heterocycles. The number of hydrogen-bond donors (Lipinski definition) is 2. The average molecular weight is 300 g/mol. The summed E-state index contributed by atoms with van der Waals surface area (Å²) in [5, 5.41) is 3.50. The molecule has 2 rings (SSSR count). The first-order chi connectivity index (χ1) is 10.1.